The molecule has 2 aromatic carbocycles. The third kappa shape index (κ3) is 4.66. The predicted molar refractivity (Wildman–Crippen MR) is 125 cm³/mol. The Kier molecular flexibility index (Phi) is 6.29. The van der Waals surface area contributed by atoms with Crippen molar-refractivity contribution in [2.24, 2.45) is 0 Å². The molecule has 176 valence electrons. The Bertz CT molecular complexity index is 1210. The van der Waals surface area contributed by atoms with Gasteiger partial charge in [-0.1, -0.05) is 30.3 Å². The van der Waals surface area contributed by atoms with Gasteiger partial charge in [0, 0.05) is 38.1 Å². The van der Waals surface area contributed by atoms with Crippen LogP contribution in [-0.4, -0.2) is 77.3 Å². The van der Waals surface area contributed by atoms with Gasteiger partial charge in [0.05, 0.1) is 12.1 Å². The van der Waals surface area contributed by atoms with Crippen molar-refractivity contribution in [1.82, 2.24) is 20.1 Å². The van der Waals surface area contributed by atoms with Crippen LogP contribution in [0.5, 0.6) is 11.5 Å². The number of benzene rings is 2. The fourth-order valence-electron chi connectivity index (χ4n) is 4.25. The van der Waals surface area contributed by atoms with Crippen LogP contribution in [0.3, 0.4) is 0 Å². The van der Waals surface area contributed by atoms with Crippen molar-refractivity contribution in [2.45, 2.75) is 12.6 Å². The molecule has 3 aromatic rings. The SMILES string of the molecule is O=C(NC(CO)C(=O)N1CCN(Cc2ccc3c(c2)OCO3)CC1)c1ccc2ccccc2n1. The van der Waals surface area contributed by atoms with Gasteiger partial charge in [-0.2, -0.15) is 0 Å². The van der Waals surface area contributed by atoms with Gasteiger partial charge in [0.25, 0.3) is 5.91 Å². The third-order valence-electron chi connectivity index (χ3n) is 6.14. The molecule has 34 heavy (non-hydrogen) atoms. The lowest BCUT2D eigenvalue weighted by molar-refractivity contribution is -0.136. The van der Waals surface area contributed by atoms with E-state index in [1.54, 1.807) is 11.0 Å². The number of carbonyl (C=O) groups is 2. The van der Waals surface area contributed by atoms with E-state index in [1.165, 1.54) is 0 Å². The molecule has 9 heteroatoms. The summed E-state index contributed by atoms with van der Waals surface area (Å²) in [6.45, 7) is 2.94. The number of aliphatic hydroxyl groups excluding tert-OH is 1. The maximum Gasteiger partial charge on any atom is 0.270 e. The number of ether oxygens (including phenoxy) is 2. The average molecular weight is 463 g/mol. The molecular weight excluding hydrogens is 436 g/mol. The van der Waals surface area contributed by atoms with Gasteiger partial charge in [-0.3, -0.25) is 14.5 Å². The fraction of sp³-hybridized carbons (Fsp3) is 0.320. The Balaban J connectivity index is 1.16. The Morgan fingerprint density at radius 2 is 1.79 bits per heavy atom. The standard InChI is InChI=1S/C25H26N4O5/c30-15-21(27-24(31)20-7-6-18-3-1-2-4-19(18)26-20)25(32)29-11-9-28(10-12-29)14-17-5-8-22-23(13-17)34-16-33-22/h1-8,13,21,30H,9-12,14-16H2,(H,27,31). The number of nitrogens with one attached hydrogen (secondary N) is 1. The smallest absolute Gasteiger partial charge is 0.270 e. The van der Waals surface area contributed by atoms with E-state index in [9.17, 15) is 14.7 Å². The van der Waals surface area contributed by atoms with E-state index < -0.39 is 18.6 Å². The molecule has 2 aliphatic rings. The van der Waals surface area contributed by atoms with E-state index in [0.29, 0.717) is 31.7 Å². The van der Waals surface area contributed by atoms with Gasteiger partial charge in [-0.05, 0) is 29.8 Å². The van der Waals surface area contributed by atoms with E-state index in [4.69, 9.17) is 9.47 Å². The van der Waals surface area contributed by atoms with Crippen molar-refractivity contribution in [3.8, 4) is 11.5 Å². The van der Waals surface area contributed by atoms with Gasteiger partial charge in [-0.15, -0.1) is 0 Å². The number of hydrogen-bond acceptors (Lipinski definition) is 7. The zero-order valence-corrected chi connectivity index (χ0v) is 18.6. The van der Waals surface area contributed by atoms with Gasteiger partial charge in [0.2, 0.25) is 12.7 Å². The number of carbonyl (C=O) groups excluding carboxylic acids is 2. The molecule has 2 N–H and O–H groups in total. The van der Waals surface area contributed by atoms with Crippen LogP contribution in [0.15, 0.2) is 54.6 Å². The van der Waals surface area contributed by atoms with E-state index in [1.807, 2.05) is 48.5 Å². The molecule has 0 spiro atoms. The number of aliphatic hydroxyl groups is 1. The van der Waals surface area contributed by atoms with E-state index in [2.05, 4.69) is 15.2 Å². The van der Waals surface area contributed by atoms with Crippen LogP contribution < -0.4 is 14.8 Å². The van der Waals surface area contributed by atoms with Crippen LogP contribution in [0.2, 0.25) is 0 Å². The molecule has 1 saturated heterocycles. The Hall–Kier alpha value is -3.69. The first-order chi connectivity index (χ1) is 16.6. The van der Waals surface area contributed by atoms with E-state index in [-0.39, 0.29) is 18.4 Å². The summed E-state index contributed by atoms with van der Waals surface area (Å²) in [7, 11) is 0. The lowest BCUT2D eigenvalue weighted by Gasteiger charge is -2.36. The number of para-hydroxylation sites is 1. The van der Waals surface area contributed by atoms with Gasteiger partial charge < -0.3 is 24.8 Å². The van der Waals surface area contributed by atoms with Crippen LogP contribution in [0.25, 0.3) is 10.9 Å². The summed E-state index contributed by atoms with van der Waals surface area (Å²) in [5.41, 5.74) is 2.02. The molecule has 2 amide bonds. The molecule has 3 heterocycles. The zero-order valence-electron chi connectivity index (χ0n) is 18.6. The number of nitrogens with zero attached hydrogens (tertiary/aromatic N) is 3. The van der Waals surface area contributed by atoms with Crippen LogP contribution in [0, 0.1) is 0 Å². The second-order valence-electron chi connectivity index (χ2n) is 8.39. The first-order valence-corrected chi connectivity index (χ1v) is 11.3. The quantitative estimate of drug-likeness (QED) is 0.571. The summed E-state index contributed by atoms with van der Waals surface area (Å²) in [6.07, 6.45) is 0. The summed E-state index contributed by atoms with van der Waals surface area (Å²) in [5, 5.41) is 13.4. The molecule has 5 rings (SSSR count). The van der Waals surface area contributed by atoms with Crippen LogP contribution in [0.1, 0.15) is 16.1 Å². The molecular formula is C25H26N4O5. The highest BCUT2D eigenvalue weighted by Gasteiger charge is 2.29. The molecule has 9 nitrogen and oxygen atoms in total. The summed E-state index contributed by atoms with van der Waals surface area (Å²) in [4.78, 5) is 34.0. The van der Waals surface area contributed by atoms with Crippen LogP contribution in [-0.2, 0) is 11.3 Å². The third-order valence-corrected chi connectivity index (χ3v) is 6.14. The van der Waals surface area contributed by atoms with Crippen molar-refractivity contribution >= 4 is 22.7 Å². The normalized spacial score (nSPS) is 16.4. The van der Waals surface area contributed by atoms with Crippen molar-refractivity contribution in [3.05, 3.63) is 65.9 Å². The number of fused-ring (bicyclic) bond motifs is 2. The van der Waals surface area contributed by atoms with Crippen molar-refractivity contribution < 1.29 is 24.2 Å². The van der Waals surface area contributed by atoms with Crippen LogP contribution >= 0.6 is 0 Å². The van der Waals surface area contributed by atoms with Crippen LogP contribution in [0.4, 0.5) is 0 Å². The predicted octanol–water partition coefficient (Wildman–Crippen LogP) is 1.40. The summed E-state index contributed by atoms with van der Waals surface area (Å²) in [5.74, 6) is 0.739. The molecule has 0 saturated carbocycles. The molecule has 0 aliphatic carbocycles. The van der Waals surface area contributed by atoms with Gasteiger partial charge in [-0.25, -0.2) is 4.98 Å². The summed E-state index contributed by atoms with van der Waals surface area (Å²) < 4.78 is 10.8. The Morgan fingerprint density at radius 1 is 1.00 bits per heavy atom. The largest absolute Gasteiger partial charge is 0.454 e. The Labute approximate surface area is 196 Å². The molecule has 1 unspecified atom stereocenters. The average Bonchev–Trinajstić information content (AvgIpc) is 3.35. The molecule has 0 bridgehead atoms. The highest BCUT2D eigenvalue weighted by atomic mass is 16.7. The van der Waals surface area contributed by atoms with Gasteiger partial charge >= 0.3 is 0 Å². The van der Waals surface area contributed by atoms with Gasteiger partial charge in [0.1, 0.15) is 11.7 Å². The second-order valence-corrected chi connectivity index (χ2v) is 8.39. The minimum absolute atomic E-state index is 0.207. The summed E-state index contributed by atoms with van der Waals surface area (Å²) in [6, 6.07) is 15.8. The number of pyridine rings is 1. The molecule has 1 atom stereocenters. The molecule has 0 radical (unpaired) electrons. The number of piperazine rings is 1. The topological polar surface area (TPSA) is 104 Å². The Morgan fingerprint density at radius 3 is 2.62 bits per heavy atom. The van der Waals surface area contributed by atoms with E-state index in [0.717, 1.165) is 29.0 Å². The second kappa shape index (κ2) is 9.66. The maximum atomic E-state index is 13.0. The highest BCUT2D eigenvalue weighted by molar-refractivity contribution is 5.97. The minimum atomic E-state index is -1.01. The first-order valence-electron chi connectivity index (χ1n) is 11.3. The van der Waals surface area contributed by atoms with E-state index >= 15 is 0 Å². The maximum absolute atomic E-state index is 13.0. The number of hydrogen-bond donors (Lipinski definition) is 2. The first kappa shape index (κ1) is 22.1. The molecule has 2 aliphatic heterocycles. The highest BCUT2D eigenvalue weighted by Crippen LogP contribution is 2.32. The van der Waals surface area contributed by atoms with Crippen molar-refractivity contribution in [1.29, 1.82) is 0 Å². The minimum Gasteiger partial charge on any atom is -0.454 e. The number of rotatable bonds is 6. The van der Waals surface area contributed by atoms with Crippen molar-refractivity contribution in [2.75, 3.05) is 39.6 Å². The fourth-order valence-corrected chi connectivity index (χ4v) is 4.25. The summed E-state index contributed by atoms with van der Waals surface area (Å²) >= 11 is 0. The lowest BCUT2D eigenvalue weighted by atomic mass is 10.1. The molecule has 1 aromatic heterocycles. The van der Waals surface area contributed by atoms with Crippen molar-refractivity contribution in [3.63, 3.8) is 0 Å². The number of aromatic nitrogens is 1. The lowest BCUT2D eigenvalue weighted by Crippen LogP contribution is -2.55. The zero-order chi connectivity index (χ0) is 23.5. The monoisotopic (exact) mass is 462 g/mol. The number of amides is 2. The molecule has 1 fully saturated rings. The van der Waals surface area contributed by atoms with Gasteiger partial charge in [0.15, 0.2) is 11.5 Å².